The summed E-state index contributed by atoms with van der Waals surface area (Å²) in [6.45, 7) is 0.159. The molecule has 0 radical (unpaired) electrons. The normalized spacial score (nSPS) is 13.6. The van der Waals surface area contributed by atoms with Crippen molar-refractivity contribution in [1.82, 2.24) is 0 Å². The van der Waals surface area contributed by atoms with E-state index in [9.17, 15) is 9.65 Å². The largest absolute Gasteiger partial charge is 0.454 e. The average molecular weight is 349 g/mol. The number of ether oxygens (including phenoxy) is 2. The van der Waals surface area contributed by atoms with Crippen molar-refractivity contribution in [2.24, 2.45) is 0 Å². The molecule has 0 aromatic heterocycles. The minimum atomic E-state index is -0.627. The Kier molecular flexibility index (Phi) is 3.67. The van der Waals surface area contributed by atoms with Gasteiger partial charge in [0.05, 0.1) is 10.5 Å². The lowest BCUT2D eigenvalue weighted by Crippen LogP contribution is -2.08. The van der Waals surface area contributed by atoms with Gasteiger partial charge in [0.25, 0.3) is 0 Å². The third kappa shape index (κ3) is 2.78. The van der Waals surface area contributed by atoms with Crippen LogP contribution in [0.1, 0.15) is 11.6 Å². The average Bonchev–Trinajstić information content (AvgIpc) is 2.93. The number of hydrogen-bond donors (Lipinski definition) is 1. The Balaban J connectivity index is 1.91. The van der Waals surface area contributed by atoms with E-state index < -0.39 is 6.04 Å². The van der Waals surface area contributed by atoms with Gasteiger partial charge in [-0.3, -0.25) is 0 Å². The van der Waals surface area contributed by atoms with Crippen LogP contribution in [0.25, 0.3) is 0 Å². The molecule has 1 aliphatic rings. The predicted molar refractivity (Wildman–Crippen MR) is 78.6 cm³/mol. The second-order valence-electron chi connectivity index (χ2n) is 4.45. The first-order valence-electron chi connectivity index (χ1n) is 6.18. The van der Waals surface area contributed by atoms with Crippen molar-refractivity contribution < 1.29 is 13.9 Å². The molecular formula is C15H10BrFN2O2. The lowest BCUT2D eigenvalue weighted by atomic mass is 10.1. The van der Waals surface area contributed by atoms with Crippen molar-refractivity contribution in [2.75, 3.05) is 12.1 Å². The highest BCUT2D eigenvalue weighted by Crippen LogP contribution is 2.41. The summed E-state index contributed by atoms with van der Waals surface area (Å²) in [7, 11) is 0. The zero-order chi connectivity index (χ0) is 14.8. The van der Waals surface area contributed by atoms with Crippen molar-refractivity contribution >= 4 is 21.6 Å². The quantitative estimate of drug-likeness (QED) is 0.910. The van der Waals surface area contributed by atoms with E-state index in [1.54, 1.807) is 24.3 Å². The lowest BCUT2D eigenvalue weighted by molar-refractivity contribution is 0.173. The van der Waals surface area contributed by atoms with Gasteiger partial charge >= 0.3 is 0 Å². The topological polar surface area (TPSA) is 54.3 Å². The summed E-state index contributed by atoms with van der Waals surface area (Å²) in [5.41, 5.74) is 1.24. The summed E-state index contributed by atoms with van der Waals surface area (Å²) >= 11 is 3.39. The first kappa shape index (κ1) is 13.7. The highest BCUT2D eigenvalue weighted by Gasteiger charge is 2.21. The molecule has 0 saturated carbocycles. The molecule has 1 atom stereocenters. The fourth-order valence-electron chi connectivity index (χ4n) is 2.09. The summed E-state index contributed by atoms with van der Waals surface area (Å²) in [6.07, 6.45) is 0. The fraction of sp³-hybridized carbons (Fsp3) is 0.133. The van der Waals surface area contributed by atoms with Crippen LogP contribution in [0, 0.1) is 17.1 Å². The van der Waals surface area contributed by atoms with Crippen LogP contribution in [0.4, 0.5) is 10.1 Å². The Labute approximate surface area is 129 Å². The highest BCUT2D eigenvalue weighted by molar-refractivity contribution is 9.10. The Morgan fingerprint density at radius 1 is 1.29 bits per heavy atom. The molecule has 2 aromatic rings. The van der Waals surface area contributed by atoms with Gasteiger partial charge in [0.2, 0.25) is 6.79 Å². The summed E-state index contributed by atoms with van der Waals surface area (Å²) in [5, 5.41) is 12.3. The predicted octanol–water partition coefficient (Wildman–Crippen LogP) is 3.99. The minimum Gasteiger partial charge on any atom is -0.454 e. The summed E-state index contributed by atoms with van der Waals surface area (Å²) in [4.78, 5) is 0. The van der Waals surface area contributed by atoms with Crippen LogP contribution in [0.15, 0.2) is 40.9 Å². The van der Waals surface area contributed by atoms with Crippen molar-refractivity contribution in [3.05, 3.63) is 52.3 Å². The Morgan fingerprint density at radius 3 is 2.90 bits per heavy atom. The van der Waals surface area contributed by atoms with Crippen molar-refractivity contribution in [2.45, 2.75) is 6.04 Å². The van der Waals surface area contributed by atoms with Gasteiger partial charge in [0.1, 0.15) is 11.9 Å². The van der Waals surface area contributed by atoms with E-state index >= 15 is 0 Å². The summed E-state index contributed by atoms with van der Waals surface area (Å²) in [5.74, 6) is 0.852. The zero-order valence-electron chi connectivity index (χ0n) is 10.8. The first-order chi connectivity index (χ1) is 10.2. The molecular weight excluding hydrogens is 339 g/mol. The molecule has 0 aliphatic carbocycles. The van der Waals surface area contributed by atoms with Gasteiger partial charge in [-0.2, -0.15) is 5.26 Å². The molecule has 21 heavy (non-hydrogen) atoms. The van der Waals surface area contributed by atoms with Crippen LogP contribution >= 0.6 is 15.9 Å². The molecule has 3 rings (SSSR count). The van der Waals surface area contributed by atoms with E-state index in [1.165, 1.54) is 12.1 Å². The van der Waals surface area contributed by atoms with Crippen molar-refractivity contribution in [3.8, 4) is 17.6 Å². The smallest absolute Gasteiger partial charge is 0.231 e. The lowest BCUT2D eigenvalue weighted by Gasteiger charge is -2.14. The molecule has 2 aromatic carbocycles. The third-order valence-electron chi connectivity index (χ3n) is 3.05. The standard InChI is InChI=1S/C15H10BrFN2O2/c16-12-4-9(5-14-15(12)21-8-20-14)13(7-18)19-11-3-1-2-10(17)6-11/h1-6,13,19H,8H2. The van der Waals surface area contributed by atoms with Crippen LogP contribution in [0.3, 0.4) is 0 Å². The number of hydrogen-bond acceptors (Lipinski definition) is 4. The van der Waals surface area contributed by atoms with E-state index in [0.29, 0.717) is 27.2 Å². The Bertz CT molecular complexity index is 730. The van der Waals surface area contributed by atoms with Crippen LogP contribution < -0.4 is 14.8 Å². The Hall–Kier alpha value is -2.26. The van der Waals surface area contributed by atoms with Gasteiger partial charge in [-0.15, -0.1) is 0 Å². The van der Waals surface area contributed by atoms with Gasteiger partial charge in [-0.05, 0) is 51.8 Å². The van der Waals surface area contributed by atoms with Crippen LogP contribution in [-0.2, 0) is 0 Å². The number of nitriles is 1. The monoisotopic (exact) mass is 348 g/mol. The molecule has 106 valence electrons. The number of fused-ring (bicyclic) bond motifs is 1. The van der Waals surface area contributed by atoms with E-state index in [0.717, 1.165) is 0 Å². The number of nitrogens with zero attached hydrogens (tertiary/aromatic N) is 1. The molecule has 1 unspecified atom stereocenters. The van der Waals surface area contributed by atoms with E-state index in [2.05, 4.69) is 27.3 Å². The van der Waals surface area contributed by atoms with Gasteiger partial charge in [-0.1, -0.05) is 6.07 Å². The fourth-order valence-corrected chi connectivity index (χ4v) is 2.66. The molecule has 0 saturated heterocycles. The van der Waals surface area contributed by atoms with E-state index in [1.807, 2.05) is 0 Å². The van der Waals surface area contributed by atoms with Gasteiger partial charge in [0.15, 0.2) is 11.5 Å². The minimum absolute atomic E-state index is 0.159. The molecule has 1 heterocycles. The molecule has 0 spiro atoms. The molecule has 0 bridgehead atoms. The Morgan fingerprint density at radius 2 is 2.14 bits per heavy atom. The van der Waals surface area contributed by atoms with Crippen LogP contribution in [0.5, 0.6) is 11.5 Å². The molecule has 1 aliphatic heterocycles. The van der Waals surface area contributed by atoms with E-state index in [-0.39, 0.29) is 12.6 Å². The van der Waals surface area contributed by atoms with Crippen molar-refractivity contribution in [1.29, 1.82) is 5.26 Å². The van der Waals surface area contributed by atoms with Crippen LogP contribution in [0.2, 0.25) is 0 Å². The molecule has 1 N–H and O–H groups in total. The first-order valence-corrected chi connectivity index (χ1v) is 6.97. The van der Waals surface area contributed by atoms with Gasteiger partial charge in [0, 0.05) is 5.69 Å². The SMILES string of the molecule is N#CC(Nc1cccc(F)c1)c1cc(Br)c2c(c1)OCO2. The maximum absolute atomic E-state index is 13.2. The van der Waals surface area contributed by atoms with Crippen LogP contribution in [-0.4, -0.2) is 6.79 Å². The number of halogens is 2. The molecule has 0 amide bonds. The molecule has 6 heteroatoms. The third-order valence-corrected chi connectivity index (χ3v) is 3.64. The number of benzene rings is 2. The second-order valence-corrected chi connectivity index (χ2v) is 5.31. The maximum Gasteiger partial charge on any atom is 0.231 e. The molecule has 4 nitrogen and oxygen atoms in total. The maximum atomic E-state index is 13.2. The molecule has 0 fully saturated rings. The number of anilines is 1. The zero-order valence-corrected chi connectivity index (χ0v) is 12.4. The van der Waals surface area contributed by atoms with Gasteiger partial charge < -0.3 is 14.8 Å². The van der Waals surface area contributed by atoms with Gasteiger partial charge in [-0.25, -0.2) is 4.39 Å². The number of nitrogens with one attached hydrogen (secondary N) is 1. The van der Waals surface area contributed by atoms with Crippen molar-refractivity contribution in [3.63, 3.8) is 0 Å². The second kappa shape index (κ2) is 5.62. The highest BCUT2D eigenvalue weighted by atomic mass is 79.9. The number of rotatable bonds is 3. The summed E-state index contributed by atoms with van der Waals surface area (Å²) < 4.78 is 24.6. The van der Waals surface area contributed by atoms with E-state index in [4.69, 9.17) is 9.47 Å². The summed E-state index contributed by atoms with van der Waals surface area (Å²) in [6, 6.07) is 11.0.